The third kappa shape index (κ3) is 2.95. The number of rotatable bonds is 3. The number of nitrogens with zero attached hydrogens (tertiary/aromatic N) is 2. The molecule has 0 saturated carbocycles. The highest BCUT2D eigenvalue weighted by Gasteiger charge is 1.99. The molecule has 0 atom stereocenters. The number of benzene rings is 1. The van der Waals surface area contributed by atoms with Crippen LogP contribution in [0.5, 0.6) is 0 Å². The summed E-state index contributed by atoms with van der Waals surface area (Å²) in [6.07, 6.45) is 6.02. The highest BCUT2D eigenvalue weighted by Crippen LogP contribution is 2.15. The fourth-order valence-electron chi connectivity index (χ4n) is 1.72. The van der Waals surface area contributed by atoms with Crippen molar-refractivity contribution in [1.29, 1.82) is 0 Å². The van der Waals surface area contributed by atoms with Gasteiger partial charge in [0.2, 0.25) is 0 Å². The topological polar surface area (TPSA) is 17.8 Å². The molecule has 1 aromatic carbocycles. The van der Waals surface area contributed by atoms with E-state index >= 15 is 0 Å². The van der Waals surface area contributed by atoms with Crippen molar-refractivity contribution in [2.75, 3.05) is 0 Å². The van der Waals surface area contributed by atoms with Gasteiger partial charge in [-0.2, -0.15) is 5.10 Å². The molecule has 0 amide bonds. The lowest BCUT2D eigenvalue weighted by molar-refractivity contribution is 0.876. The molecule has 19 heavy (non-hydrogen) atoms. The molecule has 3 rings (SSSR count). The van der Waals surface area contributed by atoms with Gasteiger partial charge in [0.1, 0.15) is 0 Å². The molecule has 0 bridgehead atoms. The van der Waals surface area contributed by atoms with Crippen LogP contribution in [0.15, 0.2) is 54.0 Å². The summed E-state index contributed by atoms with van der Waals surface area (Å²) in [5.41, 5.74) is 1.93. The quantitative estimate of drug-likeness (QED) is 0.679. The summed E-state index contributed by atoms with van der Waals surface area (Å²) >= 11 is 7.58. The van der Waals surface area contributed by atoms with Crippen LogP contribution in [0.25, 0.3) is 17.8 Å². The van der Waals surface area contributed by atoms with Crippen LogP contribution in [-0.4, -0.2) is 9.78 Å². The molecule has 2 heterocycles. The Morgan fingerprint density at radius 1 is 1.05 bits per heavy atom. The summed E-state index contributed by atoms with van der Waals surface area (Å²) in [5.74, 6) is 0. The number of halogens is 1. The Morgan fingerprint density at radius 2 is 1.89 bits per heavy atom. The first-order valence-corrected chi connectivity index (χ1v) is 7.10. The van der Waals surface area contributed by atoms with Crippen molar-refractivity contribution in [2.45, 2.75) is 0 Å². The molecule has 0 aliphatic heterocycles. The predicted octanol–water partition coefficient (Wildman–Crippen LogP) is 4.76. The second kappa shape index (κ2) is 5.43. The highest BCUT2D eigenvalue weighted by atomic mass is 35.5. The lowest BCUT2D eigenvalue weighted by atomic mass is 10.3. The predicted molar refractivity (Wildman–Crippen MR) is 81.8 cm³/mol. The van der Waals surface area contributed by atoms with E-state index in [-0.39, 0.29) is 0 Å². The Labute approximate surface area is 120 Å². The van der Waals surface area contributed by atoms with Crippen molar-refractivity contribution >= 4 is 35.1 Å². The first-order valence-electron chi connectivity index (χ1n) is 5.84. The SMILES string of the molecule is Clc1ccc(-n2ccc(C=Cc3cccs3)n2)cc1. The maximum absolute atomic E-state index is 5.87. The molecule has 0 unspecified atom stereocenters. The van der Waals surface area contributed by atoms with Crippen LogP contribution in [0.3, 0.4) is 0 Å². The third-order valence-corrected chi connectivity index (χ3v) is 3.75. The summed E-state index contributed by atoms with van der Waals surface area (Å²) in [6, 6.07) is 13.7. The van der Waals surface area contributed by atoms with Crippen LogP contribution >= 0.6 is 22.9 Å². The molecular weight excluding hydrogens is 276 g/mol. The molecule has 94 valence electrons. The fourth-order valence-corrected chi connectivity index (χ4v) is 2.46. The van der Waals surface area contributed by atoms with Crippen molar-refractivity contribution < 1.29 is 0 Å². The van der Waals surface area contributed by atoms with Gasteiger partial charge < -0.3 is 0 Å². The number of hydrogen-bond acceptors (Lipinski definition) is 2. The average Bonchev–Trinajstić information content (AvgIpc) is 3.09. The maximum atomic E-state index is 5.87. The van der Waals surface area contributed by atoms with Crippen LogP contribution in [-0.2, 0) is 0 Å². The molecule has 4 heteroatoms. The zero-order chi connectivity index (χ0) is 13.1. The second-order valence-corrected chi connectivity index (χ2v) is 5.43. The molecule has 0 spiro atoms. The largest absolute Gasteiger partial charge is 0.240 e. The highest BCUT2D eigenvalue weighted by molar-refractivity contribution is 7.10. The van der Waals surface area contributed by atoms with E-state index in [1.807, 2.05) is 53.4 Å². The fraction of sp³-hybridized carbons (Fsp3) is 0. The van der Waals surface area contributed by atoms with Gasteiger partial charge in [-0.3, -0.25) is 0 Å². The van der Waals surface area contributed by atoms with Gasteiger partial charge >= 0.3 is 0 Å². The van der Waals surface area contributed by atoms with E-state index in [9.17, 15) is 0 Å². The summed E-state index contributed by atoms with van der Waals surface area (Å²) in [6.45, 7) is 0. The van der Waals surface area contributed by atoms with Gasteiger partial charge in [-0.05, 0) is 53.9 Å². The van der Waals surface area contributed by atoms with Crippen LogP contribution in [0.1, 0.15) is 10.6 Å². The van der Waals surface area contributed by atoms with E-state index < -0.39 is 0 Å². The van der Waals surface area contributed by atoms with Crippen LogP contribution in [0.2, 0.25) is 5.02 Å². The lowest BCUT2D eigenvalue weighted by Gasteiger charge is -2.00. The molecule has 0 N–H and O–H groups in total. The minimum Gasteiger partial charge on any atom is -0.240 e. The zero-order valence-electron chi connectivity index (χ0n) is 10.0. The first kappa shape index (κ1) is 12.2. The molecule has 0 aliphatic rings. The minimum atomic E-state index is 0.730. The van der Waals surface area contributed by atoms with Gasteiger partial charge in [0.25, 0.3) is 0 Å². The van der Waals surface area contributed by atoms with Gasteiger partial charge in [0.05, 0.1) is 11.4 Å². The van der Waals surface area contributed by atoms with E-state index in [4.69, 9.17) is 11.6 Å². The van der Waals surface area contributed by atoms with E-state index in [0.717, 1.165) is 16.4 Å². The van der Waals surface area contributed by atoms with Gasteiger partial charge in [0.15, 0.2) is 0 Å². The van der Waals surface area contributed by atoms with Crippen LogP contribution in [0.4, 0.5) is 0 Å². The van der Waals surface area contributed by atoms with Gasteiger partial charge in [-0.15, -0.1) is 11.3 Å². The third-order valence-electron chi connectivity index (χ3n) is 2.66. The zero-order valence-corrected chi connectivity index (χ0v) is 11.6. The Hall–Kier alpha value is -1.84. The summed E-state index contributed by atoms with van der Waals surface area (Å²) in [7, 11) is 0. The maximum Gasteiger partial charge on any atom is 0.0855 e. The van der Waals surface area contributed by atoms with Crippen molar-refractivity contribution in [2.24, 2.45) is 0 Å². The van der Waals surface area contributed by atoms with Crippen LogP contribution < -0.4 is 0 Å². The molecule has 3 aromatic rings. The van der Waals surface area contributed by atoms with Gasteiger partial charge in [0, 0.05) is 16.1 Å². The Morgan fingerprint density at radius 3 is 2.63 bits per heavy atom. The smallest absolute Gasteiger partial charge is 0.0855 e. The summed E-state index contributed by atoms with van der Waals surface area (Å²) in [4.78, 5) is 1.22. The summed E-state index contributed by atoms with van der Waals surface area (Å²) in [5, 5.41) is 7.29. The van der Waals surface area contributed by atoms with E-state index in [1.54, 1.807) is 11.3 Å². The Balaban J connectivity index is 1.81. The van der Waals surface area contributed by atoms with Gasteiger partial charge in [-0.1, -0.05) is 17.7 Å². The molecule has 0 radical (unpaired) electrons. The summed E-state index contributed by atoms with van der Waals surface area (Å²) < 4.78 is 1.84. The average molecular weight is 287 g/mol. The molecule has 2 nitrogen and oxygen atoms in total. The minimum absolute atomic E-state index is 0.730. The Kier molecular flexibility index (Phi) is 3.49. The molecule has 0 saturated heterocycles. The van der Waals surface area contributed by atoms with Crippen LogP contribution in [0, 0.1) is 0 Å². The van der Waals surface area contributed by atoms with Crippen molar-refractivity contribution in [3.63, 3.8) is 0 Å². The van der Waals surface area contributed by atoms with E-state index in [1.165, 1.54) is 4.88 Å². The van der Waals surface area contributed by atoms with E-state index in [2.05, 4.69) is 22.6 Å². The lowest BCUT2D eigenvalue weighted by Crippen LogP contribution is -1.93. The van der Waals surface area contributed by atoms with Gasteiger partial charge in [-0.25, -0.2) is 4.68 Å². The number of thiophene rings is 1. The normalized spacial score (nSPS) is 11.2. The second-order valence-electron chi connectivity index (χ2n) is 4.01. The van der Waals surface area contributed by atoms with Crippen molar-refractivity contribution in [3.05, 3.63) is 69.6 Å². The number of aromatic nitrogens is 2. The standard InChI is InChI=1S/C15H11ClN2S/c16-12-3-6-14(7-4-12)18-10-9-13(17-18)5-8-15-2-1-11-19-15/h1-11H. The van der Waals surface area contributed by atoms with Crippen molar-refractivity contribution in [1.82, 2.24) is 9.78 Å². The van der Waals surface area contributed by atoms with Crippen molar-refractivity contribution in [3.8, 4) is 5.69 Å². The monoisotopic (exact) mass is 286 g/mol. The Bertz CT molecular complexity index is 681. The molecular formula is C15H11ClN2S. The molecule has 0 fully saturated rings. The molecule has 0 aliphatic carbocycles. The molecule has 2 aromatic heterocycles. The van der Waals surface area contributed by atoms with E-state index in [0.29, 0.717) is 0 Å². The first-order chi connectivity index (χ1) is 9.31. The number of hydrogen-bond donors (Lipinski definition) is 0.